The maximum atomic E-state index is 12.1. The Hall–Kier alpha value is -1.99. The number of carbonyl (C=O) groups is 1. The van der Waals surface area contributed by atoms with Crippen LogP contribution in [0.5, 0.6) is 0 Å². The highest BCUT2D eigenvalue weighted by molar-refractivity contribution is 7.09. The van der Waals surface area contributed by atoms with E-state index in [4.69, 9.17) is 5.84 Å². The highest BCUT2D eigenvalue weighted by Crippen LogP contribution is 2.19. The summed E-state index contributed by atoms with van der Waals surface area (Å²) in [6.45, 7) is 3.68. The van der Waals surface area contributed by atoms with Gasteiger partial charge in [0.05, 0.1) is 11.3 Å². The van der Waals surface area contributed by atoms with Crippen LogP contribution in [0.1, 0.15) is 21.7 Å². The van der Waals surface area contributed by atoms with Crippen molar-refractivity contribution in [2.24, 2.45) is 5.84 Å². The highest BCUT2D eigenvalue weighted by Gasteiger charge is 2.13. The number of nitrogens with two attached hydrogens (primary N) is 1. The molecule has 0 unspecified atom stereocenters. The van der Waals surface area contributed by atoms with Crippen LogP contribution in [0, 0.1) is 13.8 Å². The summed E-state index contributed by atoms with van der Waals surface area (Å²) in [6, 6.07) is 5.40. The van der Waals surface area contributed by atoms with Gasteiger partial charge >= 0.3 is 0 Å². The minimum atomic E-state index is -0.261. The Morgan fingerprint density at radius 2 is 2.17 bits per heavy atom. The van der Waals surface area contributed by atoms with Crippen LogP contribution in [0.2, 0.25) is 0 Å². The minimum Gasteiger partial charge on any atom is -0.323 e. The number of nitrogens with zero attached hydrogens (tertiary/aromatic N) is 2. The first-order valence-corrected chi connectivity index (χ1v) is 6.06. The zero-order chi connectivity index (χ0) is 13.1. The van der Waals surface area contributed by atoms with Gasteiger partial charge in [-0.1, -0.05) is 11.6 Å². The van der Waals surface area contributed by atoms with Crippen LogP contribution in [0.3, 0.4) is 0 Å². The number of aromatic nitrogens is 2. The van der Waals surface area contributed by atoms with Crippen LogP contribution in [0.25, 0.3) is 0 Å². The summed E-state index contributed by atoms with van der Waals surface area (Å²) in [4.78, 5) is 16.2. The predicted octanol–water partition coefficient (Wildman–Crippen LogP) is 1.69. The molecule has 0 radical (unpaired) electrons. The fourth-order valence-corrected chi connectivity index (χ4v) is 2.05. The van der Waals surface area contributed by atoms with Crippen LogP contribution < -0.4 is 16.6 Å². The third-order valence-electron chi connectivity index (χ3n) is 2.32. The minimum absolute atomic E-state index is 0.261. The first kappa shape index (κ1) is 12.5. The molecule has 94 valence electrons. The van der Waals surface area contributed by atoms with Crippen LogP contribution in [-0.4, -0.2) is 15.3 Å². The first-order chi connectivity index (χ1) is 8.60. The van der Waals surface area contributed by atoms with Crippen molar-refractivity contribution in [3.05, 3.63) is 35.2 Å². The molecular formula is C11H13N5OS. The molecule has 0 bridgehead atoms. The lowest BCUT2D eigenvalue weighted by Crippen LogP contribution is -2.17. The molecule has 1 aromatic heterocycles. The van der Waals surface area contributed by atoms with Crippen LogP contribution in [-0.2, 0) is 0 Å². The van der Waals surface area contributed by atoms with Gasteiger partial charge in [0.15, 0.2) is 0 Å². The van der Waals surface area contributed by atoms with E-state index in [-0.39, 0.29) is 5.91 Å². The van der Waals surface area contributed by atoms with E-state index in [2.05, 4.69) is 20.1 Å². The lowest BCUT2D eigenvalue weighted by atomic mass is 10.1. The quantitative estimate of drug-likeness (QED) is 0.579. The number of rotatable bonds is 3. The van der Waals surface area contributed by atoms with Crippen molar-refractivity contribution in [2.75, 3.05) is 10.7 Å². The summed E-state index contributed by atoms with van der Waals surface area (Å²) in [5, 5.41) is 3.17. The Bertz CT molecular complexity index is 581. The summed E-state index contributed by atoms with van der Waals surface area (Å²) >= 11 is 1.15. The van der Waals surface area contributed by atoms with Crippen molar-refractivity contribution in [1.82, 2.24) is 9.36 Å². The van der Waals surface area contributed by atoms with E-state index in [1.165, 1.54) is 0 Å². The number of benzene rings is 1. The average Bonchev–Trinajstić information content (AvgIpc) is 2.74. The number of anilines is 2. The maximum absolute atomic E-state index is 12.1. The number of amides is 1. The Balaban J connectivity index is 2.25. The van der Waals surface area contributed by atoms with Gasteiger partial charge in [-0.05, 0) is 26.0 Å². The molecule has 2 aromatic rings. The van der Waals surface area contributed by atoms with Gasteiger partial charge in [0, 0.05) is 11.5 Å². The van der Waals surface area contributed by atoms with E-state index in [0.29, 0.717) is 22.2 Å². The monoisotopic (exact) mass is 263 g/mol. The number of aryl methyl sites for hydroxylation is 2. The fraction of sp³-hybridized carbons (Fsp3) is 0.182. The molecule has 0 saturated heterocycles. The Kier molecular flexibility index (Phi) is 3.54. The third kappa shape index (κ3) is 2.63. The summed E-state index contributed by atoms with van der Waals surface area (Å²) < 4.78 is 4.00. The SMILES string of the molecule is Cc1ccc(NN)c(C(=O)Nc2nc(C)ns2)c1. The van der Waals surface area contributed by atoms with Gasteiger partial charge in [-0.2, -0.15) is 4.37 Å². The summed E-state index contributed by atoms with van der Waals surface area (Å²) in [5.41, 5.74) is 4.53. The largest absolute Gasteiger partial charge is 0.323 e. The van der Waals surface area contributed by atoms with E-state index in [1.54, 1.807) is 19.1 Å². The molecule has 7 heteroatoms. The second-order valence-electron chi connectivity index (χ2n) is 3.79. The van der Waals surface area contributed by atoms with Gasteiger partial charge in [-0.3, -0.25) is 16.0 Å². The lowest BCUT2D eigenvalue weighted by Gasteiger charge is -2.08. The van der Waals surface area contributed by atoms with Crippen LogP contribution >= 0.6 is 11.5 Å². The van der Waals surface area contributed by atoms with Crippen molar-refractivity contribution >= 4 is 28.3 Å². The summed E-state index contributed by atoms with van der Waals surface area (Å²) in [7, 11) is 0. The zero-order valence-corrected chi connectivity index (χ0v) is 10.8. The van der Waals surface area contributed by atoms with E-state index in [9.17, 15) is 4.79 Å². The van der Waals surface area contributed by atoms with Crippen molar-refractivity contribution in [3.63, 3.8) is 0 Å². The smallest absolute Gasteiger partial charge is 0.259 e. The Morgan fingerprint density at radius 3 is 2.78 bits per heavy atom. The molecule has 1 aromatic carbocycles. The number of hydrazine groups is 1. The molecule has 18 heavy (non-hydrogen) atoms. The van der Waals surface area contributed by atoms with Crippen LogP contribution in [0.4, 0.5) is 10.8 Å². The molecule has 0 aliphatic rings. The van der Waals surface area contributed by atoms with Gasteiger partial charge in [0.1, 0.15) is 5.82 Å². The van der Waals surface area contributed by atoms with E-state index >= 15 is 0 Å². The molecular weight excluding hydrogens is 250 g/mol. The fourth-order valence-electron chi connectivity index (χ4n) is 1.48. The standard InChI is InChI=1S/C11H13N5OS/c1-6-3-4-9(15-12)8(5-6)10(17)14-11-13-7(2)16-18-11/h3-5,15H,12H2,1-2H3,(H,13,14,16,17). The number of hydrogen-bond donors (Lipinski definition) is 3. The molecule has 0 spiro atoms. The Labute approximate surface area is 108 Å². The molecule has 2 rings (SSSR count). The second kappa shape index (κ2) is 5.11. The molecule has 1 heterocycles. The molecule has 0 aliphatic carbocycles. The molecule has 0 saturated carbocycles. The van der Waals surface area contributed by atoms with Gasteiger partial charge in [-0.25, -0.2) is 4.98 Å². The molecule has 0 fully saturated rings. The van der Waals surface area contributed by atoms with Crippen molar-refractivity contribution in [3.8, 4) is 0 Å². The number of hydrogen-bond acceptors (Lipinski definition) is 6. The van der Waals surface area contributed by atoms with Gasteiger partial charge in [0.25, 0.3) is 5.91 Å². The van der Waals surface area contributed by atoms with Crippen LogP contribution in [0.15, 0.2) is 18.2 Å². The lowest BCUT2D eigenvalue weighted by molar-refractivity contribution is 0.102. The van der Waals surface area contributed by atoms with Crippen molar-refractivity contribution < 1.29 is 4.79 Å². The molecule has 0 atom stereocenters. The van der Waals surface area contributed by atoms with E-state index in [1.807, 2.05) is 13.0 Å². The Morgan fingerprint density at radius 1 is 1.39 bits per heavy atom. The van der Waals surface area contributed by atoms with Gasteiger partial charge < -0.3 is 5.43 Å². The molecule has 6 nitrogen and oxygen atoms in total. The average molecular weight is 263 g/mol. The van der Waals surface area contributed by atoms with Gasteiger partial charge in [-0.15, -0.1) is 0 Å². The summed E-state index contributed by atoms with van der Waals surface area (Å²) in [6.07, 6.45) is 0. The van der Waals surface area contributed by atoms with Gasteiger partial charge in [0.2, 0.25) is 5.13 Å². The zero-order valence-electron chi connectivity index (χ0n) is 10.0. The van der Waals surface area contributed by atoms with E-state index < -0.39 is 0 Å². The first-order valence-electron chi connectivity index (χ1n) is 5.29. The van der Waals surface area contributed by atoms with Crippen molar-refractivity contribution in [1.29, 1.82) is 0 Å². The second-order valence-corrected chi connectivity index (χ2v) is 4.55. The topological polar surface area (TPSA) is 92.9 Å². The van der Waals surface area contributed by atoms with Crippen molar-refractivity contribution in [2.45, 2.75) is 13.8 Å². The number of carbonyl (C=O) groups excluding carboxylic acids is 1. The normalized spacial score (nSPS) is 10.2. The highest BCUT2D eigenvalue weighted by atomic mass is 32.1. The third-order valence-corrected chi connectivity index (χ3v) is 3.05. The number of nitrogen functional groups attached to an aromatic ring is 1. The maximum Gasteiger partial charge on any atom is 0.259 e. The molecule has 1 amide bonds. The van der Waals surface area contributed by atoms with E-state index in [0.717, 1.165) is 17.1 Å². The predicted molar refractivity (Wildman–Crippen MR) is 71.6 cm³/mol. The molecule has 4 N–H and O–H groups in total. The molecule has 0 aliphatic heterocycles. The summed E-state index contributed by atoms with van der Waals surface area (Å²) in [5.74, 6) is 5.76. The number of nitrogens with one attached hydrogen (secondary N) is 2.